The van der Waals surface area contributed by atoms with E-state index in [9.17, 15) is 27.6 Å². The maximum Gasteiger partial charge on any atom is 0.433 e. The van der Waals surface area contributed by atoms with Gasteiger partial charge in [0.05, 0.1) is 32.4 Å². The number of aromatic nitrogens is 2. The van der Waals surface area contributed by atoms with E-state index < -0.39 is 41.9 Å². The second-order valence-electron chi connectivity index (χ2n) is 10.1. The molecule has 3 heterocycles. The lowest BCUT2D eigenvalue weighted by Gasteiger charge is -2.39. The number of fused-ring (bicyclic) bond motifs is 1. The van der Waals surface area contributed by atoms with Gasteiger partial charge >= 0.3 is 18.2 Å². The van der Waals surface area contributed by atoms with Crippen molar-refractivity contribution in [3.63, 3.8) is 0 Å². The van der Waals surface area contributed by atoms with Crippen LogP contribution in [0.15, 0.2) is 28.7 Å². The van der Waals surface area contributed by atoms with E-state index in [1.807, 2.05) is 0 Å². The number of oxazole rings is 1. The van der Waals surface area contributed by atoms with Crippen molar-refractivity contribution in [3.05, 3.63) is 41.4 Å². The molecule has 232 valence electrons. The molecule has 0 bridgehead atoms. The van der Waals surface area contributed by atoms with Crippen LogP contribution < -0.4 is 10.5 Å². The quantitative estimate of drug-likeness (QED) is 0.388. The van der Waals surface area contributed by atoms with Gasteiger partial charge in [0.25, 0.3) is 5.91 Å². The van der Waals surface area contributed by atoms with Crippen molar-refractivity contribution in [1.82, 2.24) is 19.8 Å². The number of piperazine rings is 1. The molecule has 1 aliphatic heterocycles. The van der Waals surface area contributed by atoms with Crippen LogP contribution in [0.25, 0.3) is 22.4 Å². The SMILES string of the molecule is CCOC(=O)C1CN(C(=O)OC(C)C)CCN1C(=O)c1nc(-c2ccc(OC)c3nc(C(F)(F)F)ccc23)oc1[C@H](C)N. The van der Waals surface area contributed by atoms with Crippen LogP contribution in [0.1, 0.15) is 55.7 Å². The second kappa shape index (κ2) is 12.5. The van der Waals surface area contributed by atoms with E-state index in [0.29, 0.717) is 0 Å². The normalized spacial score (nSPS) is 16.4. The molecule has 15 heteroatoms. The minimum atomic E-state index is -4.69. The molecule has 4 rings (SSSR count). The number of carbonyl (C=O) groups is 3. The first-order chi connectivity index (χ1) is 20.3. The Morgan fingerprint density at radius 1 is 1.12 bits per heavy atom. The van der Waals surface area contributed by atoms with Gasteiger partial charge in [-0.3, -0.25) is 4.79 Å². The average molecular weight is 608 g/mol. The van der Waals surface area contributed by atoms with Gasteiger partial charge in [-0.1, -0.05) is 0 Å². The van der Waals surface area contributed by atoms with Gasteiger partial charge < -0.3 is 34.2 Å². The molecular weight excluding hydrogens is 575 g/mol. The molecule has 2 atom stereocenters. The van der Waals surface area contributed by atoms with Gasteiger partial charge in [0.1, 0.15) is 23.0 Å². The fraction of sp³-hybridized carbons (Fsp3) is 0.464. The molecule has 0 aliphatic carbocycles. The maximum atomic E-state index is 13.9. The Kier molecular flexibility index (Phi) is 9.13. The highest BCUT2D eigenvalue weighted by atomic mass is 19.4. The lowest BCUT2D eigenvalue weighted by Crippen LogP contribution is -2.60. The van der Waals surface area contributed by atoms with Gasteiger partial charge in [-0.25, -0.2) is 19.6 Å². The summed E-state index contributed by atoms with van der Waals surface area (Å²) in [5, 5.41) is 0.227. The maximum absolute atomic E-state index is 13.9. The van der Waals surface area contributed by atoms with Gasteiger partial charge in [-0.15, -0.1) is 0 Å². The molecule has 12 nitrogen and oxygen atoms in total. The third-order valence-electron chi connectivity index (χ3n) is 6.63. The Bertz CT molecular complexity index is 1520. The number of halogens is 3. The molecule has 1 saturated heterocycles. The zero-order chi connectivity index (χ0) is 31.6. The number of ether oxygens (including phenoxy) is 3. The van der Waals surface area contributed by atoms with Crippen molar-refractivity contribution in [2.24, 2.45) is 5.73 Å². The summed E-state index contributed by atoms with van der Waals surface area (Å²) in [6.45, 7) is 6.44. The van der Waals surface area contributed by atoms with Crippen molar-refractivity contribution >= 4 is 28.9 Å². The van der Waals surface area contributed by atoms with Gasteiger partial charge in [0.2, 0.25) is 5.89 Å². The summed E-state index contributed by atoms with van der Waals surface area (Å²) in [5.74, 6) is -1.44. The molecule has 0 spiro atoms. The van der Waals surface area contributed by atoms with Crippen molar-refractivity contribution in [3.8, 4) is 17.2 Å². The lowest BCUT2D eigenvalue weighted by atomic mass is 10.1. The van der Waals surface area contributed by atoms with Gasteiger partial charge in [-0.2, -0.15) is 13.2 Å². The summed E-state index contributed by atoms with van der Waals surface area (Å²) < 4.78 is 61.8. The van der Waals surface area contributed by atoms with Crippen molar-refractivity contribution < 1.29 is 46.2 Å². The van der Waals surface area contributed by atoms with Crippen LogP contribution in [0.2, 0.25) is 0 Å². The summed E-state index contributed by atoms with van der Waals surface area (Å²) in [7, 11) is 1.30. The molecule has 3 aromatic rings. The average Bonchev–Trinajstić information content (AvgIpc) is 3.40. The number of pyridine rings is 1. The first-order valence-electron chi connectivity index (χ1n) is 13.5. The molecule has 1 aromatic carbocycles. The highest BCUT2D eigenvalue weighted by Gasteiger charge is 2.41. The number of amides is 2. The fourth-order valence-electron chi connectivity index (χ4n) is 4.65. The monoisotopic (exact) mass is 607 g/mol. The molecule has 0 radical (unpaired) electrons. The van der Waals surface area contributed by atoms with Gasteiger partial charge in [0, 0.05) is 24.0 Å². The predicted molar refractivity (Wildman–Crippen MR) is 146 cm³/mol. The van der Waals surface area contributed by atoms with Crippen molar-refractivity contribution in [2.45, 2.75) is 52.1 Å². The summed E-state index contributed by atoms with van der Waals surface area (Å²) in [4.78, 5) is 50.1. The van der Waals surface area contributed by atoms with Crippen LogP contribution in [0, 0.1) is 0 Å². The number of alkyl halides is 3. The summed E-state index contributed by atoms with van der Waals surface area (Å²) in [5.41, 5.74) is 4.97. The van der Waals surface area contributed by atoms with Gasteiger partial charge in [0.15, 0.2) is 11.5 Å². The number of esters is 1. The molecule has 43 heavy (non-hydrogen) atoms. The van der Waals surface area contributed by atoms with Crippen molar-refractivity contribution in [2.75, 3.05) is 33.4 Å². The number of benzene rings is 1. The molecule has 2 aromatic heterocycles. The summed E-state index contributed by atoms with van der Waals surface area (Å²) >= 11 is 0. The van der Waals surface area contributed by atoms with Crippen LogP contribution in [0.3, 0.4) is 0 Å². The molecule has 2 amide bonds. The van der Waals surface area contributed by atoms with E-state index in [0.717, 1.165) is 6.07 Å². The minimum Gasteiger partial charge on any atom is -0.494 e. The van der Waals surface area contributed by atoms with Gasteiger partial charge in [-0.05, 0) is 52.0 Å². The Morgan fingerprint density at radius 3 is 2.44 bits per heavy atom. The highest BCUT2D eigenvalue weighted by molar-refractivity contribution is 5.99. The van der Waals surface area contributed by atoms with Crippen LogP contribution in [-0.4, -0.2) is 83.2 Å². The summed E-state index contributed by atoms with van der Waals surface area (Å²) in [6.07, 6.45) is -5.71. The third-order valence-corrected chi connectivity index (χ3v) is 6.63. The molecule has 1 unspecified atom stereocenters. The Morgan fingerprint density at radius 2 is 1.84 bits per heavy atom. The minimum absolute atomic E-state index is 0.00639. The van der Waals surface area contributed by atoms with Crippen LogP contribution in [-0.2, 0) is 20.4 Å². The number of methoxy groups -OCH3 is 1. The zero-order valence-electron chi connectivity index (χ0n) is 24.2. The fourth-order valence-corrected chi connectivity index (χ4v) is 4.65. The van der Waals surface area contributed by atoms with E-state index in [-0.39, 0.29) is 71.9 Å². The van der Waals surface area contributed by atoms with Crippen LogP contribution in [0.4, 0.5) is 18.0 Å². The number of rotatable bonds is 7. The van der Waals surface area contributed by atoms with E-state index in [1.165, 1.54) is 35.1 Å². The zero-order valence-corrected chi connectivity index (χ0v) is 24.2. The number of hydrogen-bond donors (Lipinski definition) is 1. The smallest absolute Gasteiger partial charge is 0.433 e. The third kappa shape index (κ3) is 6.50. The lowest BCUT2D eigenvalue weighted by molar-refractivity contribution is -0.150. The second-order valence-corrected chi connectivity index (χ2v) is 10.1. The van der Waals surface area contributed by atoms with Crippen LogP contribution in [0.5, 0.6) is 5.75 Å². The van der Waals surface area contributed by atoms with E-state index in [1.54, 1.807) is 27.7 Å². The Labute approximate surface area is 244 Å². The van der Waals surface area contributed by atoms with E-state index >= 15 is 0 Å². The number of hydrogen-bond acceptors (Lipinski definition) is 10. The van der Waals surface area contributed by atoms with Crippen LogP contribution >= 0.6 is 0 Å². The molecule has 0 saturated carbocycles. The van der Waals surface area contributed by atoms with E-state index in [2.05, 4.69) is 9.97 Å². The number of nitrogens with two attached hydrogens (primary N) is 1. The largest absolute Gasteiger partial charge is 0.494 e. The summed E-state index contributed by atoms with van der Waals surface area (Å²) in [6, 6.07) is 2.96. The number of carbonyl (C=O) groups excluding carboxylic acids is 3. The molecular formula is C28H32F3N5O7. The molecule has 1 fully saturated rings. The molecule has 1 aliphatic rings. The highest BCUT2D eigenvalue weighted by Crippen LogP contribution is 2.37. The predicted octanol–water partition coefficient (Wildman–Crippen LogP) is 4.17. The van der Waals surface area contributed by atoms with E-state index in [4.69, 9.17) is 24.4 Å². The molecule has 2 N–H and O–H groups in total. The topological polar surface area (TPSA) is 150 Å². The first kappa shape index (κ1) is 31.5. The first-order valence-corrected chi connectivity index (χ1v) is 13.5. The Hall–Kier alpha value is -4.40. The standard InChI is InChI=1S/C28H32F3N5O7/c1-6-41-26(38)18-13-35(27(39)42-14(2)3)11-12-36(18)25(37)22-23(15(4)32)43-24(34-22)17-7-9-19(40-5)21-16(17)8-10-20(33-21)28(29,30)31/h7-10,14-15,18H,6,11-13,32H2,1-5H3/t15-,18?/m0/s1. The number of nitrogens with zero attached hydrogens (tertiary/aromatic N) is 4. The Balaban J connectivity index is 1.76. The van der Waals surface area contributed by atoms with Crippen molar-refractivity contribution in [1.29, 1.82) is 0 Å².